The van der Waals surface area contributed by atoms with Gasteiger partial charge in [-0.2, -0.15) is 16.8 Å². The predicted octanol–water partition coefficient (Wildman–Crippen LogP) is 3.85. The van der Waals surface area contributed by atoms with Crippen molar-refractivity contribution in [3.63, 3.8) is 0 Å². The molecule has 1 aliphatic carbocycles. The van der Waals surface area contributed by atoms with Gasteiger partial charge in [-0.15, -0.1) is 0 Å². The largest absolute Gasteiger partial charge is 0.367 e. The molecule has 0 aromatic heterocycles. The summed E-state index contributed by atoms with van der Waals surface area (Å²) < 4.78 is 67.0. The molecule has 0 aliphatic heterocycles. The molecule has 208 valence electrons. The van der Waals surface area contributed by atoms with Gasteiger partial charge >= 0.3 is 0 Å². The summed E-state index contributed by atoms with van der Waals surface area (Å²) in [5.41, 5.74) is 16.9. The number of benzene rings is 3. The molecule has 2 unspecified atom stereocenters. The van der Waals surface area contributed by atoms with E-state index in [1.54, 1.807) is 30.3 Å². The lowest BCUT2D eigenvalue weighted by Gasteiger charge is -2.30. The summed E-state index contributed by atoms with van der Waals surface area (Å²) in [6, 6.07) is 19.6. The van der Waals surface area contributed by atoms with E-state index in [0.717, 1.165) is 23.2 Å². The molecule has 0 saturated heterocycles. The summed E-state index contributed by atoms with van der Waals surface area (Å²) in [5.74, 6) is 0. The summed E-state index contributed by atoms with van der Waals surface area (Å²) in [5, 5.41) is 0. The van der Waals surface area contributed by atoms with E-state index in [4.69, 9.17) is 11.5 Å². The van der Waals surface area contributed by atoms with Crippen molar-refractivity contribution in [3.05, 3.63) is 95.1 Å². The SMILES string of the molecule is CCN(Cc1cccc(S(=O)(=O)O)c1)c1ccc(C(=C2CC(N)CCC2N)c2ccccc2S(=O)(=O)O)cc1. The topological polar surface area (TPSA) is 164 Å². The average Bonchev–Trinajstić information content (AvgIpc) is 2.89. The third kappa shape index (κ3) is 6.75. The molecule has 0 bridgehead atoms. The summed E-state index contributed by atoms with van der Waals surface area (Å²) >= 11 is 0. The van der Waals surface area contributed by atoms with E-state index in [0.29, 0.717) is 42.6 Å². The summed E-state index contributed by atoms with van der Waals surface area (Å²) in [7, 11) is -8.82. The van der Waals surface area contributed by atoms with Crippen LogP contribution < -0.4 is 16.4 Å². The van der Waals surface area contributed by atoms with Crippen molar-refractivity contribution < 1.29 is 25.9 Å². The molecule has 1 fully saturated rings. The molecule has 9 nitrogen and oxygen atoms in total. The fraction of sp³-hybridized carbons (Fsp3) is 0.286. The van der Waals surface area contributed by atoms with Gasteiger partial charge in [-0.1, -0.05) is 42.5 Å². The van der Waals surface area contributed by atoms with E-state index in [1.807, 2.05) is 36.1 Å². The van der Waals surface area contributed by atoms with Crippen LogP contribution in [0.4, 0.5) is 5.69 Å². The van der Waals surface area contributed by atoms with Crippen molar-refractivity contribution in [2.75, 3.05) is 11.4 Å². The first-order chi connectivity index (χ1) is 18.4. The quantitative estimate of drug-likeness (QED) is 0.294. The molecule has 39 heavy (non-hydrogen) atoms. The second kappa shape index (κ2) is 11.6. The maximum Gasteiger partial charge on any atom is 0.295 e. The zero-order valence-corrected chi connectivity index (χ0v) is 23.2. The number of rotatable bonds is 8. The fourth-order valence-corrected chi connectivity index (χ4v) is 6.30. The monoisotopic (exact) mass is 571 g/mol. The van der Waals surface area contributed by atoms with Crippen molar-refractivity contribution in [2.24, 2.45) is 11.5 Å². The van der Waals surface area contributed by atoms with Gasteiger partial charge in [0.2, 0.25) is 0 Å². The Kier molecular flexibility index (Phi) is 8.60. The molecule has 0 heterocycles. The maximum absolute atomic E-state index is 12.3. The van der Waals surface area contributed by atoms with Gasteiger partial charge < -0.3 is 16.4 Å². The second-order valence-corrected chi connectivity index (χ2v) is 12.5. The summed E-state index contributed by atoms with van der Waals surface area (Å²) in [4.78, 5) is 1.67. The van der Waals surface area contributed by atoms with E-state index in [2.05, 4.69) is 0 Å². The number of nitrogens with two attached hydrogens (primary N) is 2. The molecule has 0 amide bonds. The molecule has 0 spiro atoms. The van der Waals surface area contributed by atoms with E-state index >= 15 is 0 Å². The molecular formula is C28H33N3O6S2. The molecule has 2 atom stereocenters. The average molecular weight is 572 g/mol. The summed E-state index contributed by atoms with van der Waals surface area (Å²) in [6.45, 7) is 2.99. The summed E-state index contributed by atoms with van der Waals surface area (Å²) in [6.07, 6.45) is 1.93. The minimum absolute atomic E-state index is 0.110. The van der Waals surface area contributed by atoms with Crippen molar-refractivity contribution in [1.82, 2.24) is 0 Å². The molecule has 1 saturated carbocycles. The van der Waals surface area contributed by atoms with Crippen LogP contribution >= 0.6 is 0 Å². The number of hydrogen-bond donors (Lipinski definition) is 4. The van der Waals surface area contributed by atoms with E-state index in [-0.39, 0.29) is 21.9 Å². The Morgan fingerprint density at radius 2 is 1.59 bits per heavy atom. The third-order valence-electron chi connectivity index (χ3n) is 7.01. The lowest BCUT2D eigenvalue weighted by molar-refractivity contribution is 0.476. The highest BCUT2D eigenvalue weighted by atomic mass is 32.2. The highest BCUT2D eigenvalue weighted by Crippen LogP contribution is 2.37. The smallest absolute Gasteiger partial charge is 0.295 e. The van der Waals surface area contributed by atoms with Crippen LogP contribution in [0.1, 0.15) is 42.9 Å². The fourth-order valence-electron chi connectivity index (χ4n) is 5.05. The molecule has 1 aliphatic rings. The number of nitrogens with zero attached hydrogens (tertiary/aromatic N) is 1. The lowest BCUT2D eigenvalue weighted by Crippen LogP contribution is -2.36. The van der Waals surface area contributed by atoms with Gasteiger partial charge in [0.1, 0.15) is 4.90 Å². The van der Waals surface area contributed by atoms with Gasteiger partial charge in [0.05, 0.1) is 4.90 Å². The van der Waals surface area contributed by atoms with Gasteiger partial charge in [0, 0.05) is 36.4 Å². The Balaban J connectivity index is 1.76. The van der Waals surface area contributed by atoms with Crippen LogP contribution in [0.25, 0.3) is 5.57 Å². The normalized spacial score (nSPS) is 19.5. The molecular weight excluding hydrogens is 538 g/mol. The second-order valence-electron chi connectivity index (χ2n) is 9.70. The van der Waals surface area contributed by atoms with Crippen LogP contribution in [0.2, 0.25) is 0 Å². The highest BCUT2D eigenvalue weighted by Gasteiger charge is 2.28. The van der Waals surface area contributed by atoms with E-state index < -0.39 is 20.2 Å². The van der Waals surface area contributed by atoms with E-state index in [9.17, 15) is 25.9 Å². The van der Waals surface area contributed by atoms with Crippen LogP contribution in [-0.4, -0.2) is 44.6 Å². The lowest BCUT2D eigenvalue weighted by atomic mass is 9.80. The van der Waals surface area contributed by atoms with Crippen LogP contribution in [0.3, 0.4) is 0 Å². The van der Waals surface area contributed by atoms with Crippen LogP contribution in [0, 0.1) is 0 Å². The maximum atomic E-state index is 12.3. The molecule has 0 radical (unpaired) electrons. The Morgan fingerprint density at radius 1 is 0.897 bits per heavy atom. The molecule has 6 N–H and O–H groups in total. The highest BCUT2D eigenvalue weighted by molar-refractivity contribution is 7.86. The van der Waals surface area contributed by atoms with Gasteiger partial charge in [0.25, 0.3) is 20.2 Å². The Morgan fingerprint density at radius 3 is 2.23 bits per heavy atom. The van der Waals surface area contributed by atoms with Crippen molar-refractivity contribution in [2.45, 2.75) is 54.6 Å². The Labute approximate surface area is 229 Å². The minimum atomic E-state index is -4.51. The van der Waals surface area contributed by atoms with Gasteiger partial charge in [-0.3, -0.25) is 9.11 Å². The number of anilines is 1. The Bertz CT molecular complexity index is 1590. The standard InChI is InChI=1S/C28H33N3O6S2/c1-2-31(18-19-6-5-7-23(16-19)38(32,33)34)22-13-10-20(11-14-22)28(25-17-21(29)12-15-26(25)30)24-8-3-4-9-27(24)39(35,36)37/h3-11,13-14,16,21,26H,2,12,15,17-18,29-30H2,1H3,(H,32,33,34)(H,35,36,37). The van der Waals surface area contributed by atoms with Crippen molar-refractivity contribution in [3.8, 4) is 0 Å². The Hall–Kier alpha value is -3.06. The first kappa shape index (κ1) is 28.9. The zero-order chi connectivity index (χ0) is 28.4. The van der Waals surface area contributed by atoms with Gasteiger partial charge in [-0.05, 0) is 78.8 Å². The molecule has 3 aromatic rings. The van der Waals surface area contributed by atoms with Crippen molar-refractivity contribution in [1.29, 1.82) is 0 Å². The first-order valence-corrected chi connectivity index (χ1v) is 15.5. The van der Waals surface area contributed by atoms with Gasteiger partial charge in [-0.25, -0.2) is 0 Å². The van der Waals surface area contributed by atoms with E-state index in [1.165, 1.54) is 18.2 Å². The van der Waals surface area contributed by atoms with Crippen molar-refractivity contribution >= 4 is 31.5 Å². The predicted molar refractivity (Wildman–Crippen MR) is 152 cm³/mol. The first-order valence-electron chi connectivity index (χ1n) is 12.6. The third-order valence-corrected chi connectivity index (χ3v) is 8.77. The van der Waals surface area contributed by atoms with Crippen LogP contribution in [-0.2, 0) is 26.8 Å². The molecule has 11 heteroatoms. The van der Waals surface area contributed by atoms with Gasteiger partial charge in [0.15, 0.2) is 0 Å². The number of hydrogen-bond acceptors (Lipinski definition) is 7. The molecule has 3 aromatic carbocycles. The minimum Gasteiger partial charge on any atom is -0.367 e. The zero-order valence-electron chi connectivity index (χ0n) is 21.6. The van der Waals surface area contributed by atoms with Crippen LogP contribution in [0.15, 0.2) is 88.2 Å². The van der Waals surface area contributed by atoms with Crippen LogP contribution in [0.5, 0.6) is 0 Å². The molecule has 4 rings (SSSR count).